The molecule has 0 aliphatic carbocycles. The van der Waals surface area contributed by atoms with Crippen LogP contribution in [-0.4, -0.2) is 5.11 Å². The summed E-state index contributed by atoms with van der Waals surface area (Å²) >= 11 is 0. The Balaban J connectivity index is 2.59. The number of rotatable bonds is 2. The average Bonchev–Trinajstić information content (AvgIpc) is 2.30. The molecule has 0 unspecified atom stereocenters. The third-order valence-electron chi connectivity index (χ3n) is 2.20. The molecule has 1 N–H and O–H groups in total. The Bertz CT molecular complexity index is 480. The smallest absolute Gasteiger partial charge is 0.152 e. The zero-order valence-electron chi connectivity index (χ0n) is 7.92. The van der Waals surface area contributed by atoms with Gasteiger partial charge in [0.15, 0.2) is 5.75 Å². The predicted molar refractivity (Wildman–Crippen MR) is 59.0 cm³/mol. The molecule has 3 nitrogen and oxygen atoms in total. The van der Waals surface area contributed by atoms with Gasteiger partial charge < -0.3 is 5.11 Å². The number of phenolic OH excluding ortho intramolecular Hbond substituents is 1. The Morgan fingerprint density at radius 3 is 2.33 bits per heavy atom. The fourth-order valence-electron chi connectivity index (χ4n) is 1.46. The number of nitroso groups, excluding NO2 is 1. The van der Waals surface area contributed by atoms with Gasteiger partial charge >= 0.3 is 0 Å². The minimum absolute atomic E-state index is 0.0661. The van der Waals surface area contributed by atoms with Gasteiger partial charge in [-0.3, -0.25) is 0 Å². The topological polar surface area (TPSA) is 49.7 Å². The molecule has 2 aromatic carbocycles. The molecule has 15 heavy (non-hydrogen) atoms. The maximum atomic E-state index is 10.4. The molecule has 0 aliphatic rings. The van der Waals surface area contributed by atoms with Gasteiger partial charge in [0.2, 0.25) is 0 Å². The summed E-state index contributed by atoms with van der Waals surface area (Å²) in [5, 5.41) is 12.5. The number of benzene rings is 2. The molecule has 2 aromatic rings. The van der Waals surface area contributed by atoms with E-state index >= 15 is 0 Å². The molecule has 0 aliphatic heterocycles. The van der Waals surface area contributed by atoms with Crippen molar-refractivity contribution in [3.05, 3.63) is 53.4 Å². The van der Waals surface area contributed by atoms with Crippen LogP contribution in [0.3, 0.4) is 0 Å². The van der Waals surface area contributed by atoms with Crippen molar-refractivity contribution in [2.75, 3.05) is 0 Å². The van der Waals surface area contributed by atoms with E-state index in [1.54, 1.807) is 12.1 Å². The first-order chi connectivity index (χ1) is 7.33. The summed E-state index contributed by atoms with van der Waals surface area (Å²) in [6.45, 7) is 0. The zero-order chi connectivity index (χ0) is 10.7. The normalized spacial score (nSPS) is 9.87. The quantitative estimate of drug-likeness (QED) is 0.753. The molecule has 0 atom stereocenters. The van der Waals surface area contributed by atoms with Crippen LogP contribution >= 0.6 is 0 Å². The summed E-state index contributed by atoms with van der Waals surface area (Å²) in [5.41, 5.74) is 1.55. The molecular weight excluding hydrogens is 190 g/mol. The standard InChI is InChI=1S/C12H9NO2/c14-12-10(7-4-8-11(12)13-15)9-5-2-1-3-6-9/h1-8,14H. The molecule has 3 heteroatoms. The van der Waals surface area contributed by atoms with E-state index in [0.717, 1.165) is 5.56 Å². The van der Waals surface area contributed by atoms with Crippen molar-refractivity contribution in [3.8, 4) is 16.9 Å². The molecule has 0 radical (unpaired) electrons. The van der Waals surface area contributed by atoms with Crippen LogP contribution in [0.25, 0.3) is 11.1 Å². The maximum Gasteiger partial charge on any atom is 0.152 e. The Kier molecular flexibility index (Phi) is 2.46. The number of para-hydroxylation sites is 1. The van der Waals surface area contributed by atoms with Crippen molar-refractivity contribution >= 4 is 5.69 Å². The SMILES string of the molecule is O=Nc1cccc(-c2ccccc2)c1O. The summed E-state index contributed by atoms with van der Waals surface area (Å²) in [6.07, 6.45) is 0. The second-order valence-corrected chi connectivity index (χ2v) is 3.13. The lowest BCUT2D eigenvalue weighted by Gasteiger charge is -2.04. The van der Waals surface area contributed by atoms with Crippen LogP contribution in [-0.2, 0) is 0 Å². The monoisotopic (exact) mass is 199 g/mol. The molecule has 0 bridgehead atoms. The van der Waals surface area contributed by atoms with Crippen molar-refractivity contribution in [3.63, 3.8) is 0 Å². The van der Waals surface area contributed by atoms with Gasteiger partial charge in [0.25, 0.3) is 0 Å². The van der Waals surface area contributed by atoms with Crippen molar-refractivity contribution in [2.45, 2.75) is 0 Å². The molecule has 2 rings (SSSR count). The lowest BCUT2D eigenvalue weighted by atomic mass is 10.0. The van der Waals surface area contributed by atoms with Gasteiger partial charge in [0.1, 0.15) is 5.69 Å². The molecule has 0 amide bonds. The molecule has 0 spiro atoms. The van der Waals surface area contributed by atoms with Gasteiger partial charge in [-0.15, -0.1) is 4.91 Å². The van der Waals surface area contributed by atoms with Crippen LogP contribution in [0.2, 0.25) is 0 Å². The van der Waals surface area contributed by atoms with Crippen molar-refractivity contribution < 1.29 is 5.11 Å². The van der Waals surface area contributed by atoms with Crippen LogP contribution in [0.15, 0.2) is 53.7 Å². The largest absolute Gasteiger partial charge is 0.505 e. The van der Waals surface area contributed by atoms with Gasteiger partial charge in [-0.25, -0.2) is 0 Å². The van der Waals surface area contributed by atoms with E-state index < -0.39 is 0 Å². The van der Waals surface area contributed by atoms with Gasteiger partial charge in [0.05, 0.1) is 0 Å². The van der Waals surface area contributed by atoms with Crippen molar-refractivity contribution in [1.82, 2.24) is 0 Å². The Morgan fingerprint density at radius 2 is 1.67 bits per heavy atom. The fourth-order valence-corrected chi connectivity index (χ4v) is 1.46. The van der Waals surface area contributed by atoms with Gasteiger partial charge in [0, 0.05) is 5.56 Å². The molecule has 0 aromatic heterocycles. The Labute approximate surface area is 87.0 Å². The van der Waals surface area contributed by atoms with E-state index in [4.69, 9.17) is 0 Å². The summed E-state index contributed by atoms with van der Waals surface area (Å²) in [7, 11) is 0. The molecule has 0 saturated carbocycles. The molecular formula is C12H9NO2. The molecule has 74 valence electrons. The Morgan fingerprint density at radius 1 is 0.933 bits per heavy atom. The third-order valence-corrected chi connectivity index (χ3v) is 2.20. The van der Waals surface area contributed by atoms with E-state index in [9.17, 15) is 10.0 Å². The zero-order valence-corrected chi connectivity index (χ0v) is 7.92. The van der Waals surface area contributed by atoms with E-state index in [1.807, 2.05) is 30.3 Å². The number of hydrogen-bond acceptors (Lipinski definition) is 3. The number of hydrogen-bond donors (Lipinski definition) is 1. The van der Waals surface area contributed by atoms with E-state index in [-0.39, 0.29) is 11.4 Å². The minimum Gasteiger partial charge on any atom is -0.505 e. The molecule has 0 fully saturated rings. The van der Waals surface area contributed by atoms with Crippen LogP contribution in [0, 0.1) is 4.91 Å². The second-order valence-electron chi connectivity index (χ2n) is 3.13. The van der Waals surface area contributed by atoms with Crippen LogP contribution in [0.4, 0.5) is 5.69 Å². The third kappa shape index (κ3) is 1.72. The molecule has 0 saturated heterocycles. The summed E-state index contributed by atoms with van der Waals surface area (Å²) in [6, 6.07) is 14.3. The fraction of sp³-hybridized carbons (Fsp3) is 0. The predicted octanol–water partition coefficient (Wildman–Crippen LogP) is 3.46. The highest BCUT2D eigenvalue weighted by Gasteiger charge is 2.08. The number of aromatic hydroxyl groups is 1. The van der Waals surface area contributed by atoms with Crippen LogP contribution in [0.5, 0.6) is 5.75 Å². The maximum absolute atomic E-state index is 10.4. The first-order valence-corrected chi connectivity index (χ1v) is 4.53. The number of phenols is 1. The van der Waals surface area contributed by atoms with Crippen LogP contribution < -0.4 is 0 Å². The first kappa shape index (κ1) is 9.40. The minimum atomic E-state index is -0.0706. The first-order valence-electron chi connectivity index (χ1n) is 4.53. The highest BCUT2D eigenvalue weighted by molar-refractivity contribution is 5.76. The highest BCUT2D eigenvalue weighted by Crippen LogP contribution is 2.36. The lowest BCUT2D eigenvalue weighted by molar-refractivity contribution is 0.479. The van der Waals surface area contributed by atoms with Gasteiger partial charge in [-0.1, -0.05) is 42.5 Å². The van der Waals surface area contributed by atoms with Gasteiger partial charge in [-0.05, 0) is 16.8 Å². The van der Waals surface area contributed by atoms with E-state index in [2.05, 4.69) is 5.18 Å². The van der Waals surface area contributed by atoms with E-state index in [0.29, 0.717) is 5.56 Å². The summed E-state index contributed by atoms with van der Waals surface area (Å²) < 4.78 is 0. The highest BCUT2D eigenvalue weighted by atomic mass is 16.3. The Hall–Kier alpha value is -2.16. The average molecular weight is 199 g/mol. The van der Waals surface area contributed by atoms with Gasteiger partial charge in [-0.2, -0.15) is 0 Å². The van der Waals surface area contributed by atoms with Crippen molar-refractivity contribution in [1.29, 1.82) is 0 Å². The molecule has 0 heterocycles. The second kappa shape index (κ2) is 3.92. The van der Waals surface area contributed by atoms with Crippen LogP contribution in [0.1, 0.15) is 0 Å². The lowest BCUT2D eigenvalue weighted by Crippen LogP contribution is -1.78. The summed E-state index contributed by atoms with van der Waals surface area (Å²) in [5.74, 6) is -0.0706. The summed E-state index contributed by atoms with van der Waals surface area (Å²) in [4.78, 5) is 10.4. The van der Waals surface area contributed by atoms with E-state index in [1.165, 1.54) is 6.07 Å². The number of nitrogens with zero attached hydrogens (tertiary/aromatic N) is 1. The van der Waals surface area contributed by atoms with Crippen molar-refractivity contribution in [2.24, 2.45) is 5.18 Å².